The van der Waals surface area contributed by atoms with E-state index in [9.17, 15) is 4.79 Å². The minimum atomic E-state index is 0.144. The number of hydrogen-bond donors (Lipinski definition) is 0. The van der Waals surface area contributed by atoms with Crippen molar-refractivity contribution in [3.63, 3.8) is 0 Å². The van der Waals surface area contributed by atoms with E-state index in [0.717, 1.165) is 37.1 Å². The van der Waals surface area contributed by atoms with Crippen molar-refractivity contribution in [2.75, 3.05) is 13.1 Å². The number of halogens is 1. The molecule has 19 heavy (non-hydrogen) atoms. The lowest BCUT2D eigenvalue weighted by Gasteiger charge is -2.39. The fourth-order valence-electron chi connectivity index (χ4n) is 2.57. The molecule has 0 radical (unpaired) electrons. The van der Waals surface area contributed by atoms with Crippen molar-refractivity contribution in [1.82, 2.24) is 4.90 Å². The summed E-state index contributed by atoms with van der Waals surface area (Å²) in [4.78, 5) is 14.4. The van der Waals surface area contributed by atoms with Crippen molar-refractivity contribution in [2.45, 2.75) is 39.0 Å². The molecule has 0 spiro atoms. The molecule has 0 atom stereocenters. The lowest BCUT2D eigenvalue weighted by molar-refractivity contribution is 0.0600. The zero-order chi connectivity index (χ0) is 13.9. The Hall–Kier alpha value is -1.02. The van der Waals surface area contributed by atoms with Crippen LogP contribution in [-0.4, -0.2) is 23.9 Å². The van der Waals surface area contributed by atoms with Gasteiger partial charge in [0.1, 0.15) is 0 Å². The molecule has 1 heterocycles. The van der Waals surface area contributed by atoms with Gasteiger partial charge in [0.25, 0.3) is 5.91 Å². The van der Waals surface area contributed by atoms with Crippen molar-refractivity contribution >= 4 is 17.5 Å². The highest BCUT2D eigenvalue weighted by atomic mass is 35.5. The predicted molar refractivity (Wildman–Crippen MR) is 79.5 cm³/mol. The second-order valence-electron chi connectivity index (χ2n) is 5.79. The smallest absolute Gasteiger partial charge is 0.253 e. The largest absolute Gasteiger partial charge is 0.339 e. The number of rotatable bonds is 3. The second kappa shape index (κ2) is 5.96. The molecule has 0 bridgehead atoms. The first-order chi connectivity index (χ1) is 9.08. The van der Waals surface area contributed by atoms with Gasteiger partial charge in [0.05, 0.1) is 0 Å². The third-order valence-corrected chi connectivity index (χ3v) is 4.75. The van der Waals surface area contributed by atoms with E-state index in [1.807, 2.05) is 29.2 Å². The molecule has 104 valence electrons. The van der Waals surface area contributed by atoms with E-state index < -0.39 is 0 Å². The van der Waals surface area contributed by atoms with E-state index in [1.54, 1.807) is 0 Å². The summed E-state index contributed by atoms with van der Waals surface area (Å²) >= 11 is 5.82. The Labute approximate surface area is 120 Å². The fourth-order valence-corrected chi connectivity index (χ4v) is 2.74. The third-order valence-electron chi connectivity index (χ3n) is 4.44. The van der Waals surface area contributed by atoms with Crippen molar-refractivity contribution in [2.24, 2.45) is 5.41 Å². The molecule has 3 heteroatoms. The highest BCUT2D eigenvalue weighted by Crippen LogP contribution is 2.34. The number of carbonyl (C=O) groups excluding carboxylic acids is 1. The highest BCUT2D eigenvalue weighted by molar-refractivity contribution is 6.17. The maximum Gasteiger partial charge on any atom is 0.253 e. The number of amides is 1. The molecule has 1 aliphatic heterocycles. The van der Waals surface area contributed by atoms with Gasteiger partial charge in [-0.05, 0) is 36.0 Å². The molecule has 1 saturated heterocycles. The van der Waals surface area contributed by atoms with Gasteiger partial charge >= 0.3 is 0 Å². The zero-order valence-corrected chi connectivity index (χ0v) is 12.5. The number of benzene rings is 1. The Morgan fingerprint density at radius 3 is 2.63 bits per heavy atom. The Morgan fingerprint density at radius 1 is 1.37 bits per heavy atom. The molecular formula is C16H22ClNO. The molecule has 0 N–H and O–H groups in total. The van der Waals surface area contributed by atoms with Crippen molar-refractivity contribution in [1.29, 1.82) is 0 Å². The quantitative estimate of drug-likeness (QED) is 0.764. The third kappa shape index (κ3) is 3.30. The molecule has 1 aromatic carbocycles. The van der Waals surface area contributed by atoms with Crippen molar-refractivity contribution in [3.8, 4) is 0 Å². The van der Waals surface area contributed by atoms with Crippen LogP contribution in [0.5, 0.6) is 0 Å². The van der Waals surface area contributed by atoms with Crippen molar-refractivity contribution in [3.05, 3.63) is 35.4 Å². The van der Waals surface area contributed by atoms with Crippen LogP contribution in [0.15, 0.2) is 24.3 Å². The van der Waals surface area contributed by atoms with Gasteiger partial charge in [-0.25, -0.2) is 0 Å². The van der Waals surface area contributed by atoms with Crippen molar-refractivity contribution < 1.29 is 4.79 Å². The first-order valence-corrected chi connectivity index (χ1v) is 7.55. The summed E-state index contributed by atoms with van der Waals surface area (Å²) in [5.74, 6) is 0.597. The zero-order valence-electron chi connectivity index (χ0n) is 11.8. The Morgan fingerprint density at radius 2 is 2.05 bits per heavy atom. The Bertz CT molecular complexity index is 450. The van der Waals surface area contributed by atoms with Crippen LogP contribution in [0.1, 0.15) is 49.0 Å². The Kier molecular flexibility index (Phi) is 4.51. The van der Waals surface area contributed by atoms with E-state index in [2.05, 4.69) is 13.8 Å². The number of nitrogens with zero attached hydrogens (tertiary/aromatic N) is 1. The normalized spacial score (nSPS) is 18.4. The molecule has 2 rings (SSSR count). The van der Waals surface area contributed by atoms with Gasteiger partial charge in [0, 0.05) is 24.5 Å². The predicted octanol–water partition coefficient (Wildman–Crippen LogP) is 4.08. The number of hydrogen-bond acceptors (Lipinski definition) is 1. The summed E-state index contributed by atoms with van der Waals surface area (Å²) in [6.07, 6.45) is 3.39. The second-order valence-corrected chi connectivity index (χ2v) is 6.06. The van der Waals surface area contributed by atoms with Crippen LogP contribution in [0.25, 0.3) is 0 Å². The van der Waals surface area contributed by atoms with Crippen LogP contribution in [0.4, 0.5) is 0 Å². The molecule has 0 aromatic heterocycles. The number of piperidine rings is 1. The molecule has 1 amide bonds. The minimum Gasteiger partial charge on any atom is -0.339 e. The molecule has 1 aliphatic rings. The van der Waals surface area contributed by atoms with Crippen LogP contribution in [-0.2, 0) is 5.88 Å². The van der Waals surface area contributed by atoms with Gasteiger partial charge in [0.15, 0.2) is 0 Å². The Balaban J connectivity index is 2.05. The van der Waals surface area contributed by atoms with Crippen LogP contribution in [0, 0.1) is 5.41 Å². The summed E-state index contributed by atoms with van der Waals surface area (Å²) in [5.41, 5.74) is 2.18. The highest BCUT2D eigenvalue weighted by Gasteiger charge is 2.30. The fraction of sp³-hybridized carbons (Fsp3) is 0.562. The van der Waals surface area contributed by atoms with Gasteiger partial charge in [-0.2, -0.15) is 0 Å². The number of carbonyl (C=O) groups is 1. The minimum absolute atomic E-state index is 0.144. The molecule has 0 aliphatic carbocycles. The van der Waals surface area contributed by atoms with E-state index in [0.29, 0.717) is 11.3 Å². The van der Waals surface area contributed by atoms with Gasteiger partial charge < -0.3 is 4.90 Å². The van der Waals surface area contributed by atoms with Crippen LogP contribution in [0.2, 0.25) is 0 Å². The van der Waals surface area contributed by atoms with E-state index in [4.69, 9.17) is 11.6 Å². The lowest BCUT2D eigenvalue weighted by Crippen LogP contribution is -2.41. The summed E-state index contributed by atoms with van der Waals surface area (Å²) in [6, 6.07) is 7.65. The standard InChI is InChI=1S/C16H22ClNO/c1-3-16(2)7-9-18(10-8-16)15(19)14-6-4-5-13(11-14)12-17/h4-6,11H,3,7-10,12H2,1-2H3. The van der Waals surface area contributed by atoms with Gasteiger partial charge in [-0.1, -0.05) is 32.4 Å². The molecule has 0 saturated carbocycles. The summed E-state index contributed by atoms with van der Waals surface area (Å²) in [7, 11) is 0. The maximum absolute atomic E-state index is 12.5. The average molecular weight is 280 g/mol. The lowest BCUT2D eigenvalue weighted by atomic mass is 9.78. The van der Waals surface area contributed by atoms with Crippen LogP contribution >= 0.6 is 11.6 Å². The number of likely N-dealkylation sites (tertiary alicyclic amines) is 1. The average Bonchev–Trinajstić information content (AvgIpc) is 2.47. The number of alkyl halides is 1. The van der Waals surface area contributed by atoms with E-state index in [1.165, 1.54) is 6.42 Å². The summed E-state index contributed by atoms with van der Waals surface area (Å²) in [5, 5.41) is 0. The molecular weight excluding hydrogens is 258 g/mol. The molecule has 1 aromatic rings. The van der Waals surface area contributed by atoms with Gasteiger partial charge in [-0.3, -0.25) is 4.79 Å². The SMILES string of the molecule is CCC1(C)CCN(C(=O)c2cccc(CCl)c2)CC1. The molecule has 1 fully saturated rings. The summed E-state index contributed by atoms with van der Waals surface area (Å²) in [6.45, 7) is 6.30. The topological polar surface area (TPSA) is 20.3 Å². The molecule has 2 nitrogen and oxygen atoms in total. The molecule has 0 unspecified atom stereocenters. The first-order valence-electron chi connectivity index (χ1n) is 7.02. The first kappa shape index (κ1) is 14.4. The maximum atomic E-state index is 12.5. The van der Waals surface area contributed by atoms with Gasteiger partial charge in [-0.15, -0.1) is 11.6 Å². The van der Waals surface area contributed by atoms with E-state index in [-0.39, 0.29) is 5.91 Å². The van der Waals surface area contributed by atoms with Crippen LogP contribution < -0.4 is 0 Å². The van der Waals surface area contributed by atoms with Crippen LogP contribution in [0.3, 0.4) is 0 Å². The van der Waals surface area contributed by atoms with Gasteiger partial charge in [0.2, 0.25) is 0 Å². The monoisotopic (exact) mass is 279 g/mol. The van der Waals surface area contributed by atoms with E-state index >= 15 is 0 Å². The summed E-state index contributed by atoms with van der Waals surface area (Å²) < 4.78 is 0.